The summed E-state index contributed by atoms with van der Waals surface area (Å²) in [7, 11) is 0. The van der Waals surface area contributed by atoms with Gasteiger partial charge in [0, 0.05) is 6.07 Å². The predicted molar refractivity (Wildman–Crippen MR) is 116 cm³/mol. The van der Waals surface area contributed by atoms with Crippen LogP contribution in [0.15, 0.2) is 41.2 Å². The first-order valence-corrected chi connectivity index (χ1v) is 12.0. The van der Waals surface area contributed by atoms with E-state index in [0.717, 1.165) is 37.2 Å². The molecule has 1 saturated carbocycles. The Morgan fingerprint density at radius 1 is 1.14 bits per heavy atom. The summed E-state index contributed by atoms with van der Waals surface area (Å²) in [6.45, 7) is 0.832. The Hall–Kier alpha value is -1.76. The molecular formula is C20H21FN5OSSb-. The van der Waals surface area contributed by atoms with Crippen molar-refractivity contribution in [2.75, 3.05) is 5.32 Å². The van der Waals surface area contributed by atoms with Gasteiger partial charge in [0.2, 0.25) is 5.56 Å². The van der Waals surface area contributed by atoms with Gasteiger partial charge >= 0.3 is 139 Å². The molecule has 2 aliphatic rings. The molecule has 1 radical (unpaired) electrons. The zero-order valence-corrected chi connectivity index (χ0v) is 19.0. The van der Waals surface area contributed by atoms with Gasteiger partial charge in [0.1, 0.15) is 0 Å². The Morgan fingerprint density at radius 3 is 2.79 bits per heavy atom. The molecule has 9 heteroatoms. The van der Waals surface area contributed by atoms with Crippen molar-refractivity contribution in [2.45, 2.75) is 37.6 Å². The second kappa shape index (κ2) is 8.54. The van der Waals surface area contributed by atoms with Gasteiger partial charge in [-0.05, 0) is 6.07 Å². The average molecular weight is 520 g/mol. The number of hydrogen-bond acceptors (Lipinski definition) is 5. The van der Waals surface area contributed by atoms with Crippen LogP contribution >= 0.6 is 0 Å². The maximum absolute atomic E-state index is 14.4. The number of nitrogens with one attached hydrogen (secondary N) is 4. The first kappa shape index (κ1) is 20.5. The van der Waals surface area contributed by atoms with E-state index in [-0.39, 0.29) is 24.9 Å². The molecule has 151 valence electrons. The van der Waals surface area contributed by atoms with E-state index in [1.165, 1.54) is 9.07 Å². The molecule has 29 heavy (non-hydrogen) atoms. The van der Waals surface area contributed by atoms with Crippen molar-refractivity contribution in [3.05, 3.63) is 69.5 Å². The van der Waals surface area contributed by atoms with E-state index < -0.39 is 21.9 Å². The van der Waals surface area contributed by atoms with Gasteiger partial charge in [0.15, 0.2) is 0 Å². The molecule has 2 aromatic heterocycles. The Labute approximate surface area is 185 Å². The number of halogens is 1. The van der Waals surface area contributed by atoms with Crippen molar-refractivity contribution < 1.29 is 4.39 Å². The van der Waals surface area contributed by atoms with E-state index in [1.807, 2.05) is 24.3 Å². The molecule has 1 aromatic carbocycles. The topological polar surface area (TPSA) is 85.6 Å². The summed E-state index contributed by atoms with van der Waals surface area (Å²) in [5.74, 6) is 1.12. The quantitative estimate of drug-likeness (QED) is 0.241. The second-order valence-electron chi connectivity index (χ2n) is 7.42. The molecule has 0 saturated heterocycles. The Morgan fingerprint density at radius 2 is 1.97 bits per heavy atom. The number of fused-ring (bicyclic) bond motifs is 1. The molecular weight excluding hydrogens is 499 g/mol. The number of rotatable bonds is 4. The van der Waals surface area contributed by atoms with Crippen LogP contribution < -0.4 is 17.9 Å². The minimum Gasteiger partial charge on any atom is -0.813 e. The van der Waals surface area contributed by atoms with E-state index in [9.17, 15) is 9.18 Å². The van der Waals surface area contributed by atoms with Crippen LogP contribution in [0.1, 0.15) is 48.0 Å². The predicted octanol–water partition coefficient (Wildman–Crippen LogP) is 2.11. The number of thiol groups is 1. The van der Waals surface area contributed by atoms with Crippen LogP contribution in [0.25, 0.3) is 0 Å². The van der Waals surface area contributed by atoms with Gasteiger partial charge in [-0.2, -0.15) is 0 Å². The van der Waals surface area contributed by atoms with Gasteiger partial charge in [-0.1, -0.05) is 6.07 Å². The number of aromatic amines is 2. The van der Waals surface area contributed by atoms with E-state index in [1.54, 1.807) is 12.1 Å². The molecule has 0 bridgehead atoms. The molecule has 3 aromatic rings. The summed E-state index contributed by atoms with van der Waals surface area (Å²) >= 11 is -0.613. The molecule has 0 spiro atoms. The van der Waals surface area contributed by atoms with Crippen LogP contribution in [0, 0.1) is 5.82 Å². The minimum absolute atomic E-state index is 0. The summed E-state index contributed by atoms with van der Waals surface area (Å²) < 4.78 is 18.9. The third-order valence-corrected chi connectivity index (χ3v) is 8.38. The molecule has 6 nitrogen and oxygen atoms in total. The second-order valence-corrected chi connectivity index (χ2v) is 10.3. The number of nitrogens with zero attached hydrogens (tertiary/aromatic N) is 1. The monoisotopic (exact) mass is 519 g/mol. The van der Waals surface area contributed by atoms with E-state index in [0.29, 0.717) is 23.3 Å². The average Bonchev–Trinajstić information content (AvgIpc) is 3.42. The molecule has 1 fully saturated rings. The fourth-order valence-corrected chi connectivity index (χ4v) is 6.68. The summed E-state index contributed by atoms with van der Waals surface area (Å²) in [6.07, 6.45) is 3.03. The molecule has 1 aliphatic heterocycles. The van der Waals surface area contributed by atoms with Crippen molar-refractivity contribution >= 4 is 50.4 Å². The SMILES string of the molecule is O=c1cccc(C2CCC(c3cc(Nc4cc5[c](cc4F)[Sb][NH]C5)n[nH]3)C2)[nH]1.[SH-]. The van der Waals surface area contributed by atoms with Crippen LogP contribution in [-0.2, 0) is 20.0 Å². The van der Waals surface area contributed by atoms with Gasteiger partial charge in [0.25, 0.3) is 0 Å². The normalized spacial score (nSPS) is 20.3. The minimum atomic E-state index is -0.613. The fourth-order valence-electron chi connectivity index (χ4n) is 4.16. The Bertz CT molecular complexity index is 1080. The number of hydrogen-bond donors (Lipinski definition) is 4. The standard InChI is InChI=1S/C20H20FN5O.H2S.Sb/c21-15-7-4-12(11-22)8-18(15)23-19-10-17(25-26-19)14-6-5-13(9-14)16-2-1-3-20(27)24-16;;/h1-3,7-8,10,13-14,22H,5-6,9,11H2,(H,24,27)(H2,23,25,26);1H2;/q-1;;+1/p-1. The van der Waals surface area contributed by atoms with Crippen LogP contribution in [0.3, 0.4) is 0 Å². The van der Waals surface area contributed by atoms with Crippen LogP contribution in [0.5, 0.6) is 0 Å². The third-order valence-electron chi connectivity index (χ3n) is 5.60. The zero-order chi connectivity index (χ0) is 19.1. The van der Waals surface area contributed by atoms with E-state index >= 15 is 0 Å². The molecule has 2 unspecified atom stereocenters. The van der Waals surface area contributed by atoms with Gasteiger partial charge < -0.3 is 18.5 Å². The first-order valence-electron chi connectivity index (χ1n) is 9.43. The smallest absolute Gasteiger partial charge is 0.326 e. The van der Waals surface area contributed by atoms with Crippen molar-refractivity contribution in [2.24, 2.45) is 0 Å². The Kier molecular flexibility index (Phi) is 6.04. The van der Waals surface area contributed by atoms with Crippen LogP contribution in [0.2, 0.25) is 0 Å². The molecule has 4 N–H and O–H groups in total. The van der Waals surface area contributed by atoms with Crippen molar-refractivity contribution in [1.82, 2.24) is 18.7 Å². The molecule has 0 amide bonds. The van der Waals surface area contributed by atoms with Crippen LogP contribution in [0.4, 0.5) is 15.9 Å². The molecule has 5 rings (SSSR count). The van der Waals surface area contributed by atoms with E-state index in [4.69, 9.17) is 0 Å². The van der Waals surface area contributed by atoms with Gasteiger partial charge in [-0.25, -0.2) is 0 Å². The molecule has 3 heterocycles. The first-order chi connectivity index (χ1) is 13.7. The van der Waals surface area contributed by atoms with Gasteiger partial charge in [-0.15, -0.1) is 0 Å². The van der Waals surface area contributed by atoms with E-state index in [2.05, 4.69) is 24.0 Å². The number of H-pyrrole nitrogens is 2. The number of benzene rings is 1. The summed E-state index contributed by atoms with van der Waals surface area (Å²) in [4.78, 5) is 14.5. The fraction of sp³-hybridized carbons (Fsp3) is 0.300. The summed E-state index contributed by atoms with van der Waals surface area (Å²) in [6, 6.07) is 10.9. The van der Waals surface area contributed by atoms with Crippen LogP contribution in [-0.4, -0.2) is 37.1 Å². The number of anilines is 2. The van der Waals surface area contributed by atoms with Crippen molar-refractivity contribution in [3.63, 3.8) is 0 Å². The molecule has 2 atom stereocenters. The Balaban J connectivity index is 0.00000205. The van der Waals surface area contributed by atoms with Crippen molar-refractivity contribution in [1.29, 1.82) is 0 Å². The maximum Gasteiger partial charge on any atom is -0.326 e. The summed E-state index contributed by atoms with van der Waals surface area (Å²) in [5.41, 5.74) is 3.67. The number of pyridine rings is 1. The number of aromatic nitrogens is 3. The van der Waals surface area contributed by atoms with Gasteiger partial charge in [0.05, 0.1) is 0 Å². The van der Waals surface area contributed by atoms with Crippen molar-refractivity contribution in [3.8, 4) is 0 Å². The van der Waals surface area contributed by atoms with Gasteiger partial charge in [-0.3, -0.25) is 4.79 Å². The molecule has 1 aliphatic carbocycles. The zero-order valence-electron chi connectivity index (χ0n) is 15.6. The maximum atomic E-state index is 14.4. The summed E-state index contributed by atoms with van der Waals surface area (Å²) in [5, 5.41) is 10.6. The largest absolute Gasteiger partial charge is 0.813 e. The third kappa shape index (κ3) is 4.25.